The summed E-state index contributed by atoms with van der Waals surface area (Å²) >= 11 is 0. The lowest BCUT2D eigenvalue weighted by atomic mass is 10.1. The molecule has 0 aliphatic heterocycles. The number of halogens is 3. The van der Waals surface area contributed by atoms with E-state index in [4.69, 9.17) is 4.74 Å². The minimum absolute atomic E-state index is 0.102. The Balaban J connectivity index is 1.48. The number of benzene rings is 2. The molecule has 2 aromatic carbocycles. The van der Waals surface area contributed by atoms with Crippen molar-refractivity contribution in [2.24, 2.45) is 5.92 Å². The molecule has 0 bridgehead atoms. The first kappa shape index (κ1) is 21.2. The van der Waals surface area contributed by atoms with Gasteiger partial charge >= 0.3 is 6.18 Å². The summed E-state index contributed by atoms with van der Waals surface area (Å²) in [6.07, 6.45) is -1.47. The van der Waals surface area contributed by atoms with Crippen LogP contribution in [0.5, 0.6) is 5.75 Å². The predicted octanol–water partition coefficient (Wildman–Crippen LogP) is 5.35. The minimum atomic E-state index is -4.33. The van der Waals surface area contributed by atoms with E-state index in [1.54, 1.807) is 6.07 Å². The fraction of sp³-hybridized carbons (Fsp3) is 0.435. The summed E-state index contributed by atoms with van der Waals surface area (Å²) in [7, 11) is 0. The van der Waals surface area contributed by atoms with E-state index in [0.717, 1.165) is 24.7 Å². The molecule has 2 atom stereocenters. The molecule has 0 heterocycles. The summed E-state index contributed by atoms with van der Waals surface area (Å²) in [5, 5.41) is 2.98. The monoisotopic (exact) mass is 405 g/mol. The smallest absolute Gasteiger partial charge is 0.416 e. The zero-order chi connectivity index (χ0) is 20.9. The van der Waals surface area contributed by atoms with Crippen molar-refractivity contribution in [3.05, 3.63) is 65.2 Å². The second-order valence-corrected chi connectivity index (χ2v) is 7.53. The highest BCUT2D eigenvalue weighted by Crippen LogP contribution is 2.47. The Morgan fingerprint density at radius 1 is 1.17 bits per heavy atom. The third kappa shape index (κ3) is 6.24. The van der Waals surface area contributed by atoms with Gasteiger partial charge in [0.15, 0.2) is 0 Å². The lowest BCUT2D eigenvalue weighted by Crippen LogP contribution is -2.25. The van der Waals surface area contributed by atoms with Crippen LogP contribution >= 0.6 is 0 Å². The SMILES string of the molecule is CCCC(=O)NC[C@@H]1C[C@H]1c1cccc(OCCc2cccc(C(F)(F)F)c2)c1. The second kappa shape index (κ2) is 9.33. The molecule has 3 rings (SSSR count). The lowest BCUT2D eigenvalue weighted by molar-refractivity contribution is -0.137. The van der Waals surface area contributed by atoms with Gasteiger partial charge in [0.1, 0.15) is 5.75 Å². The van der Waals surface area contributed by atoms with E-state index in [-0.39, 0.29) is 5.91 Å². The van der Waals surface area contributed by atoms with E-state index in [1.807, 2.05) is 25.1 Å². The molecule has 0 aromatic heterocycles. The van der Waals surface area contributed by atoms with Crippen LogP contribution in [0.2, 0.25) is 0 Å². The van der Waals surface area contributed by atoms with Crippen LogP contribution in [0.15, 0.2) is 48.5 Å². The van der Waals surface area contributed by atoms with Gasteiger partial charge in [0.25, 0.3) is 0 Å². The number of rotatable bonds is 9. The molecule has 0 unspecified atom stereocenters. The summed E-state index contributed by atoms with van der Waals surface area (Å²) in [5.74, 6) is 1.69. The van der Waals surface area contributed by atoms with Crippen molar-refractivity contribution in [1.82, 2.24) is 5.32 Å². The van der Waals surface area contributed by atoms with E-state index in [9.17, 15) is 18.0 Å². The number of hydrogen-bond acceptors (Lipinski definition) is 2. The molecule has 1 fully saturated rings. The van der Waals surface area contributed by atoms with E-state index < -0.39 is 11.7 Å². The number of nitrogens with one attached hydrogen (secondary N) is 1. The Hall–Kier alpha value is -2.50. The summed E-state index contributed by atoms with van der Waals surface area (Å²) in [5.41, 5.74) is 1.14. The molecule has 0 spiro atoms. The maximum Gasteiger partial charge on any atom is 0.416 e. The molecule has 3 nitrogen and oxygen atoms in total. The summed E-state index contributed by atoms with van der Waals surface area (Å²) in [4.78, 5) is 11.6. The Bertz CT molecular complexity index is 835. The first-order chi connectivity index (χ1) is 13.9. The molecule has 6 heteroatoms. The Morgan fingerprint density at radius 3 is 2.72 bits per heavy atom. The number of carbonyl (C=O) groups excluding carboxylic acids is 1. The van der Waals surface area contributed by atoms with Crippen LogP contribution in [0.25, 0.3) is 0 Å². The van der Waals surface area contributed by atoms with E-state index in [1.165, 1.54) is 17.7 Å². The van der Waals surface area contributed by atoms with E-state index in [2.05, 4.69) is 11.4 Å². The van der Waals surface area contributed by atoms with Gasteiger partial charge in [-0.25, -0.2) is 0 Å². The van der Waals surface area contributed by atoms with Crippen LogP contribution in [-0.2, 0) is 17.4 Å². The lowest BCUT2D eigenvalue weighted by Gasteiger charge is -2.10. The van der Waals surface area contributed by atoms with Gasteiger partial charge in [-0.05, 0) is 54.0 Å². The van der Waals surface area contributed by atoms with E-state index >= 15 is 0 Å². The number of hydrogen-bond donors (Lipinski definition) is 1. The summed E-state index contributed by atoms with van der Waals surface area (Å²) < 4.78 is 44.2. The minimum Gasteiger partial charge on any atom is -0.493 e. The Labute approximate surface area is 169 Å². The van der Waals surface area contributed by atoms with Crippen LogP contribution in [-0.4, -0.2) is 19.1 Å². The molecule has 0 radical (unpaired) electrons. The Morgan fingerprint density at radius 2 is 1.97 bits per heavy atom. The summed E-state index contributed by atoms with van der Waals surface area (Å²) in [6.45, 7) is 2.99. The normalized spacial score (nSPS) is 18.3. The van der Waals surface area contributed by atoms with Gasteiger partial charge in [0.2, 0.25) is 5.91 Å². The largest absolute Gasteiger partial charge is 0.493 e. The van der Waals surface area contributed by atoms with Crippen molar-refractivity contribution < 1.29 is 22.7 Å². The quantitative estimate of drug-likeness (QED) is 0.611. The molecule has 1 amide bonds. The molecule has 0 saturated heterocycles. The van der Waals surface area contributed by atoms with Crippen LogP contribution in [0, 0.1) is 5.92 Å². The van der Waals surface area contributed by atoms with Crippen molar-refractivity contribution in [3.8, 4) is 5.75 Å². The molecule has 29 heavy (non-hydrogen) atoms. The first-order valence-electron chi connectivity index (χ1n) is 10.0. The number of carbonyl (C=O) groups is 1. The van der Waals surface area contributed by atoms with Crippen molar-refractivity contribution in [2.75, 3.05) is 13.2 Å². The zero-order valence-electron chi connectivity index (χ0n) is 16.5. The van der Waals surface area contributed by atoms with Crippen molar-refractivity contribution in [2.45, 2.75) is 44.7 Å². The van der Waals surface area contributed by atoms with E-state index in [0.29, 0.717) is 43.4 Å². The maximum absolute atomic E-state index is 12.8. The summed E-state index contributed by atoms with van der Waals surface area (Å²) in [6, 6.07) is 13.2. The van der Waals surface area contributed by atoms with Crippen molar-refractivity contribution >= 4 is 5.91 Å². The highest BCUT2D eigenvalue weighted by molar-refractivity contribution is 5.75. The zero-order valence-corrected chi connectivity index (χ0v) is 16.5. The van der Waals surface area contributed by atoms with Crippen LogP contribution < -0.4 is 10.1 Å². The molecule has 1 saturated carbocycles. The van der Waals surface area contributed by atoms with Gasteiger partial charge in [0.05, 0.1) is 12.2 Å². The second-order valence-electron chi connectivity index (χ2n) is 7.53. The van der Waals surface area contributed by atoms with Gasteiger partial charge in [-0.3, -0.25) is 4.79 Å². The third-order valence-electron chi connectivity index (χ3n) is 5.16. The van der Waals surface area contributed by atoms with Crippen molar-refractivity contribution in [1.29, 1.82) is 0 Å². The molecule has 1 aliphatic carbocycles. The number of ether oxygens (including phenoxy) is 1. The van der Waals surface area contributed by atoms with Gasteiger partial charge in [-0.2, -0.15) is 13.2 Å². The predicted molar refractivity (Wildman–Crippen MR) is 106 cm³/mol. The number of alkyl halides is 3. The first-order valence-corrected chi connectivity index (χ1v) is 10.0. The molecular formula is C23H26F3NO2. The van der Waals surface area contributed by atoms with Gasteiger partial charge in [-0.15, -0.1) is 0 Å². The Kier molecular flexibility index (Phi) is 6.83. The maximum atomic E-state index is 12.8. The topological polar surface area (TPSA) is 38.3 Å². The fourth-order valence-electron chi connectivity index (χ4n) is 3.47. The fourth-order valence-corrected chi connectivity index (χ4v) is 3.47. The standard InChI is InChI=1S/C23H26F3NO2/c1-2-5-22(28)27-15-18-14-21(18)17-7-4-9-20(13-17)29-11-10-16-6-3-8-19(12-16)23(24,25)26/h3-4,6-9,12-13,18,21H,2,5,10-11,14-15H2,1H3,(H,27,28)/t18-,21-/m0/s1. The van der Waals surface area contributed by atoms with Crippen LogP contribution in [0.4, 0.5) is 13.2 Å². The molecule has 2 aromatic rings. The highest BCUT2D eigenvalue weighted by Gasteiger charge is 2.38. The third-order valence-corrected chi connectivity index (χ3v) is 5.16. The molecular weight excluding hydrogens is 379 g/mol. The average Bonchev–Trinajstić information content (AvgIpc) is 3.46. The van der Waals surface area contributed by atoms with Gasteiger partial charge in [-0.1, -0.05) is 37.3 Å². The van der Waals surface area contributed by atoms with Crippen LogP contribution in [0.3, 0.4) is 0 Å². The highest BCUT2D eigenvalue weighted by atomic mass is 19.4. The number of amides is 1. The van der Waals surface area contributed by atoms with Crippen LogP contribution in [0.1, 0.15) is 48.8 Å². The molecule has 1 N–H and O–H groups in total. The van der Waals surface area contributed by atoms with Gasteiger partial charge < -0.3 is 10.1 Å². The van der Waals surface area contributed by atoms with Gasteiger partial charge in [0, 0.05) is 19.4 Å². The molecule has 1 aliphatic rings. The molecule has 156 valence electrons. The van der Waals surface area contributed by atoms with Crippen molar-refractivity contribution in [3.63, 3.8) is 0 Å². The average molecular weight is 405 g/mol.